The van der Waals surface area contributed by atoms with Gasteiger partial charge in [-0.05, 0) is 116 Å². The Morgan fingerprint density at radius 3 is 1.44 bits per heavy atom. The summed E-state index contributed by atoms with van der Waals surface area (Å²) in [6, 6.07) is 95.6. The van der Waals surface area contributed by atoms with Gasteiger partial charge in [-0.3, -0.25) is 0 Å². The number of unbranched alkanes of at least 4 members (excludes halogenated alkanes) is 1. The van der Waals surface area contributed by atoms with Crippen molar-refractivity contribution in [3.8, 4) is 50.2 Å². The molecular formula is C74H60BN3. The van der Waals surface area contributed by atoms with Gasteiger partial charge in [0.05, 0.1) is 22.4 Å². The molecule has 0 aliphatic carbocycles. The number of benzene rings is 11. The van der Waals surface area contributed by atoms with E-state index in [4.69, 9.17) is 0 Å². The topological polar surface area (TPSA) is 11.4 Å². The maximum absolute atomic E-state index is 2.69. The lowest BCUT2D eigenvalue weighted by Crippen LogP contribution is -2.61. The van der Waals surface area contributed by atoms with Gasteiger partial charge in [0.2, 0.25) is 0 Å². The van der Waals surface area contributed by atoms with Crippen LogP contribution in [0.4, 0.5) is 34.1 Å². The van der Waals surface area contributed by atoms with E-state index >= 15 is 0 Å². The van der Waals surface area contributed by atoms with Crippen LogP contribution in [0.25, 0.3) is 72.0 Å². The van der Waals surface area contributed by atoms with Crippen LogP contribution in [0.3, 0.4) is 0 Å². The van der Waals surface area contributed by atoms with Gasteiger partial charge in [-0.15, -0.1) is 0 Å². The molecule has 11 aromatic carbocycles. The normalized spacial score (nSPS) is 12.7. The number of aryl methyl sites for hydroxylation is 1. The fourth-order valence-electron chi connectivity index (χ4n) is 12.8. The van der Waals surface area contributed by atoms with Gasteiger partial charge in [-0.2, -0.15) is 0 Å². The molecule has 3 nitrogen and oxygen atoms in total. The molecule has 0 unspecified atom stereocenters. The highest BCUT2D eigenvalue weighted by Gasteiger charge is 2.46. The SMILES string of the molecule is CCCCc1cccc(-c2ccccc2)c1N1c2ccc(-c3ccccc3)cc2B2c3ccc(-n4c5ccccc5c5ccccc54)cc3N(c3c(-c4ccccc4)cccc3-c3ccccc3)c3cc(C(C)(C)C)cc1c32. The molecule has 0 saturated heterocycles. The van der Waals surface area contributed by atoms with Crippen LogP contribution in [0.15, 0.2) is 255 Å². The Hall–Kier alpha value is -9.12. The Morgan fingerprint density at radius 1 is 0.385 bits per heavy atom. The first-order chi connectivity index (χ1) is 38.3. The van der Waals surface area contributed by atoms with Crippen LogP contribution in [0.5, 0.6) is 0 Å². The quantitative estimate of drug-likeness (QED) is 0.127. The average Bonchev–Trinajstić information content (AvgIpc) is 3.95. The number of aromatic nitrogens is 1. The second kappa shape index (κ2) is 19.2. The minimum absolute atomic E-state index is 0.121. The zero-order valence-corrected chi connectivity index (χ0v) is 44.8. The van der Waals surface area contributed by atoms with Crippen molar-refractivity contribution in [2.75, 3.05) is 9.80 Å². The van der Waals surface area contributed by atoms with Crippen LogP contribution >= 0.6 is 0 Å². The number of fused-ring (bicyclic) bond motifs is 7. The summed E-state index contributed by atoms with van der Waals surface area (Å²) in [6.45, 7) is 9.33. The number of hydrogen-bond donors (Lipinski definition) is 0. The first-order valence-corrected chi connectivity index (χ1v) is 27.9. The molecule has 4 heteroatoms. The third kappa shape index (κ3) is 7.80. The molecule has 0 atom stereocenters. The molecule has 0 saturated carbocycles. The molecular weight excluding hydrogens is 942 g/mol. The summed E-state index contributed by atoms with van der Waals surface area (Å²) in [5, 5.41) is 2.49. The summed E-state index contributed by atoms with van der Waals surface area (Å²) in [5.41, 5.74) is 26.6. The number of nitrogens with zero attached hydrogens (tertiary/aromatic N) is 3. The predicted molar refractivity (Wildman–Crippen MR) is 334 cm³/mol. The van der Waals surface area contributed by atoms with Gasteiger partial charge in [0.1, 0.15) is 0 Å². The Balaban J connectivity index is 1.16. The molecule has 12 aromatic rings. The van der Waals surface area contributed by atoms with Crippen molar-refractivity contribution >= 4 is 79.0 Å². The maximum Gasteiger partial charge on any atom is 0.252 e. The summed E-state index contributed by atoms with van der Waals surface area (Å²) < 4.78 is 2.49. The molecule has 0 N–H and O–H groups in total. The first-order valence-electron chi connectivity index (χ1n) is 27.9. The Labute approximate surface area is 459 Å². The minimum atomic E-state index is -0.216. The largest absolute Gasteiger partial charge is 0.311 e. The molecule has 78 heavy (non-hydrogen) atoms. The number of anilines is 6. The number of para-hydroxylation sites is 4. The zero-order valence-electron chi connectivity index (χ0n) is 44.8. The lowest BCUT2D eigenvalue weighted by Gasteiger charge is -2.46. The van der Waals surface area contributed by atoms with Crippen LogP contribution in [0, 0.1) is 0 Å². The van der Waals surface area contributed by atoms with Crippen LogP contribution in [-0.2, 0) is 11.8 Å². The molecule has 2 aliphatic rings. The highest BCUT2D eigenvalue weighted by atomic mass is 15.2. The number of hydrogen-bond acceptors (Lipinski definition) is 2. The third-order valence-corrected chi connectivity index (χ3v) is 16.5. The van der Waals surface area contributed by atoms with Crippen molar-refractivity contribution < 1.29 is 0 Å². The van der Waals surface area contributed by atoms with Gasteiger partial charge in [-0.25, -0.2) is 0 Å². The van der Waals surface area contributed by atoms with Crippen molar-refractivity contribution in [1.29, 1.82) is 0 Å². The van der Waals surface area contributed by atoms with E-state index in [1.807, 2.05) is 0 Å². The summed E-state index contributed by atoms with van der Waals surface area (Å²) in [7, 11) is 0. The summed E-state index contributed by atoms with van der Waals surface area (Å²) in [4.78, 5) is 5.38. The van der Waals surface area contributed by atoms with Gasteiger partial charge in [0, 0.05) is 55.9 Å². The highest BCUT2D eigenvalue weighted by Crippen LogP contribution is 2.53. The molecule has 0 amide bonds. The zero-order chi connectivity index (χ0) is 52.5. The highest BCUT2D eigenvalue weighted by molar-refractivity contribution is 7.00. The molecule has 1 aromatic heterocycles. The summed E-state index contributed by atoms with van der Waals surface area (Å²) in [5.74, 6) is 0. The summed E-state index contributed by atoms with van der Waals surface area (Å²) >= 11 is 0. The first kappa shape index (κ1) is 47.3. The number of rotatable bonds is 10. The van der Waals surface area contributed by atoms with Crippen molar-refractivity contribution in [2.24, 2.45) is 0 Å². The van der Waals surface area contributed by atoms with Crippen molar-refractivity contribution in [2.45, 2.75) is 52.4 Å². The second-order valence-corrected chi connectivity index (χ2v) is 22.3. The van der Waals surface area contributed by atoms with Crippen molar-refractivity contribution in [3.63, 3.8) is 0 Å². The maximum atomic E-state index is 2.69. The Morgan fingerprint density at radius 2 is 0.885 bits per heavy atom. The van der Waals surface area contributed by atoms with E-state index in [2.05, 4.69) is 297 Å². The van der Waals surface area contributed by atoms with E-state index in [1.54, 1.807) is 0 Å². The van der Waals surface area contributed by atoms with E-state index < -0.39 is 0 Å². The average molecular weight is 1000 g/mol. The van der Waals surface area contributed by atoms with E-state index in [9.17, 15) is 0 Å². The Kier molecular flexibility index (Phi) is 11.6. The van der Waals surface area contributed by atoms with Crippen LogP contribution in [0.2, 0.25) is 0 Å². The second-order valence-electron chi connectivity index (χ2n) is 22.3. The molecule has 0 fully saturated rings. The van der Waals surface area contributed by atoms with Gasteiger partial charge >= 0.3 is 0 Å². The van der Waals surface area contributed by atoms with Gasteiger partial charge < -0.3 is 14.4 Å². The lowest BCUT2D eigenvalue weighted by molar-refractivity contribution is 0.590. The molecule has 0 bridgehead atoms. The fraction of sp³-hybridized carbons (Fsp3) is 0.108. The minimum Gasteiger partial charge on any atom is -0.311 e. The van der Waals surface area contributed by atoms with E-state index in [0.29, 0.717) is 0 Å². The van der Waals surface area contributed by atoms with Crippen molar-refractivity contribution in [1.82, 2.24) is 4.57 Å². The standard InChI is InChI=1S/C74H60BN3/c1-5-6-25-54-34-23-37-58(51-28-13-8-14-29-51)72(54)77-67-45-42-55(50-26-11-7-12-27-50)46-64(67)75-63-44-43-57(76-65-40-21-19-35-61(65)62-36-20-22-41-66(62)76)49-68(63)78(70-48-56(74(2,3)4)47-69(77)71(70)75)73-59(52-30-15-9-16-31-52)38-24-39-60(73)53-32-17-10-18-33-53/h7-24,26-49H,5-6,25H2,1-4H3. The van der Waals surface area contributed by atoms with Crippen molar-refractivity contribution in [3.05, 3.63) is 266 Å². The molecule has 14 rings (SSSR count). The van der Waals surface area contributed by atoms with Gasteiger partial charge in [0.15, 0.2) is 0 Å². The monoisotopic (exact) mass is 1000 g/mol. The molecule has 2 aliphatic heterocycles. The molecule has 374 valence electrons. The van der Waals surface area contributed by atoms with Gasteiger partial charge in [0.25, 0.3) is 6.71 Å². The van der Waals surface area contributed by atoms with Crippen LogP contribution in [-0.4, -0.2) is 11.3 Å². The molecule has 0 spiro atoms. The van der Waals surface area contributed by atoms with E-state index in [1.165, 1.54) is 122 Å². The molecule has 3 heterocycles. The lowest BCUT2D eigenvalue weighted by atomic mass is 9.33. The van der Waals surface area contributed by atoms with Crippen LogP contribution < -0.4 is 26.2 Å². The smallest absolute Gasteiger partial charge is 0.252 e. The van der Waals surface area contributed by atoms with Gasteiger partial charge in [-0.1, -0.05) is 246 Å². The predicted octanol–water partition coefficient (Wildman–Crippen LogP) is 18.2. The summed E-state index contributed by atoms with van der Waals surface area (Å²) in [6.07, 6.45) is 3.17. The fourth-order valence-corrected chi connectivity index (χ4v) is 12.8. The van der Waals surface area contributed by atoms with E-state index in [-0.39, 0.29) is 12.1 Å². The van der Waals surface area contributed by atoms with Crippen LogP contribution in [0.1, 0.15) is 51.7 Å². The third-order valence-electron chi connectivity index (χ3n) is 16.5. The van der Waals surface area contributed by atoms with E-state index in [0.717, 1.165) is 30.6 Å². The molecule has 0 radical (unpaired) electrons. The Bertz CT molecular complexity index is 4120.